The number of morpholine rings is 1. The van der Waals surface area contributed by atoms with Crippen molar-refractivity contribution in [2.75, 3.05) is 26.8 Å². The molecule has 0 aromatic heterocycles. The van der Waals surface area contributed by atoms with Crippen molar-refractivity contribution >= 4 is 11.9 Å². The highest BCUT2D eigenvalue weighted by atomic mass is 19.4. The number of amides is 1. The highest BCUT2D eigenvalue weighted by Gasteiger charge is 2.39. The summed E-state index contributed by atoms with van der Waals surface area (Å²) in [6, 6.07) is 5.54. The van der Waals surface area contributed by atoms with Crippen LogP contribution in [0.1, 0.15) is 41.3 Å². The third kappa shape index (κ3) is 8.03. The highest BCUT2D eigenvalue weighted by Crippen LogP contribution is 2.39. The molecule has 39 heavy (non-hydrogen) atoms. The van der Waals surface area contributed by atoms with Crippen molar-refractivity contribution in [1.29, 1.82) is 0 Å². The van der Waals surface area contributed by atoms with Crippen LogP contribution in [0.2, 0.25) is 0 Å². The van der Waals surface area contributed by atoms with Crippen LogP contribution in [0.5, 0.6) is 0 Å². The lowest BCUT2D eigenvalue weighted by molar-refractivity contribution is -0.227. The second-order valence-electron chi connectivity index (χ2n) is 8.53. The number of alkyl halides is 6. The molecular formula is C24H25F7N4O4. The average Bonchev–Trinajstić information content (AvgIpc) is 2.87. The van der Waals surface area contributed by atoms with E-state index in [1.165, 1.54) is 31.2 Å². The molecule has 1 aliphatic heterocycles. The molecule has 1 amide bonds. The first-order valence-corrected chi connectivity index (χ1v) is 11.4. The van der Waals surface area contributed by atoms with Crippen LogP contribution >= 0.6 is 0 Å². The summed E-state index contributed by atoms with van der Waals surface area (Å²) in [6.45, 7) is 1.51. The fourth-order valence-corrected chi connectivity index (χ4v) is 3.91. The Morgan fingerprint density at radius 2 is 1.72 bits per heavy atom. The number of nitrogens with zero attached hydrogens (tertiary/aromatic N) is 2. The van der Waals surface area contributed by atoms with E-state index in [0.717, 1.165) is 7.11 Å². The van der Waals surface area contributed by atoms with E-state index in [0.29, 0.717) is 17.7 Å². The number of rotatable bonds is 7. The number of halogens is 7. The molecule has 3 N–H and O–H groups in total. The van der Waals surface area contributed by atoms with Crippen LogP contribution < -0.4 is 11.2 Å². The molecule has 1 saturated heterocycles. The third-order valence-corrected chi connectivity index (χ3v) is 5.78. The Balaban J connectivity index is 1.93. The van der Waals surface area contributed by atoms with Gasteiger partial charge in [0.1, 0.15) is 11.7 Å². The Morgan fingerprint density at radius 3 is 2.26 bits per heavy atom. The summed E-state index contributed by atoms with van der Waals surface area (Å²) in [7, 11) is 1.12. The maximum absolute atomic E-state index is 13.6. The van der Waals surface area contributed by atoms with Crippen molar-refractivity contribution in [3.8, 4) is 0 Å². The largest absolute Gasteiger partial charge is 0.452 e. The maximum Gasteiger partial charge on any atom is 0.427 e. The van der Waals surface area contributed by atoms with E-state index in [2.05, 4.69) is 15.3 Å². The number of carbonyl (C=O) groups excluding carboxylic acids is 1. The molecule has 1 unspecified atom stereocenters. The molecule has 3 atom stereocenters. The molecule has 1 fully saturated rings. The number of amidine groups is 1. The van der Waals surface area contributed by atoms with Gasteiger partial charge in [-0.3, -0.25) is 4.90 Å². The second kappa shape index (κ2) is 12.2. The molecule has 0 bridgehead atoms. The summed E-state index contributed by atoms with van der Waals surface area (Å²) in [5.74, 6) is -0.603. The molecule has 214 valence electrons. The number of ether oxygens (including phenoxy) is 3. The lowest BCUT2D eigenvalue weighted by atomic mass is 10.0. The van der Waals surface area contributed by atoms with Crippen molar-refractivity contribution in [2.45, 2.75) is 37.7 Å². The van der Waals surface area contributed by atoms with Crippen LogP contribution in [-0.2, 0) is 26.6 Å². The van der Waals surface area contributed by atoms with Gasteiger partial charge < -0.3 is 19.9 Å². The number of nitrogens with one attached hydrogen (secondary N) is 1. The van der Waals surface area contributed by atoms with Gasteiger partial charge in [-0.15, -0.1) is 0 Å². The first-order valence-electron chi connectivity index (χ1n) is 11.4. The normalized spacial score (nSPS) is 20.0. The zero-order valence-electron chi connectivity index (χ0n) is 20.6. The summed E-state index contributed by atoms with van der Waals surface area (Å²) in [5.41, 5.74) is 5.09. The van der Waals surface area contributed by atoms with Crippen LogP contribution in [-0.4, -0.2) is 49.9 Å². The number of benzene rings is 2. The molecule has 3 rings (SSSR count). The number of nitrogens with two attached hydrogens (primary N) is 1. The summed E-state index contributed by atoms with van der Waals surface area (Å²) >= 11 is 0. The van der Waals surface area contributed by atoms with Gasteiger partial charge in [0, 0.05) is 6.54 Å². The Kier molecular flexibility index (Phi) is 9.40. The molecule has 0 spiro atoms. The Morgan fingerprint density at radius 1 is 1.13 bits per heavy atom. The Bertz CT molecular complexity index is 1140. The quantitative estimate of drug-likeness (QED) is 0.213. The monoisotopic (exact) mass is 566 g/mol. The van der Waals surface area contributed by atoms with Gasteiger partial charge in [0.2, 0.25) is 0 Å². The number of carbonyl (C=O) groups is 1. The summed E-state index contributed by atoms with van der Waals surface area (Å²) in [4.78, 5) is 13.0. The molecule has 2 aromatic carbocycles. The molecule has 0 radical (unpaired) electrons. The number of hydrogen-bond donors (Lipinski definition) is 2. The van der Waals surface area contributed by atoms with Crippen molar-refractivity contribution in [1.82, 2.24) is 10.3 Å². The fourth-order valence-electron chi connectivity index (χ4n) is 3.91. The molecule has 2 aromatic rings. The molecule has 8 nitrogen and oxygen atoms in total. The summed E-state index contributed by atoms with van der Waals surface area (Å²) in [5, 5.41) is 3.70. The van der Waals surface area contributed by atoms with Gasteiger partial charge in [0.25, 0.3) is 0 Å². The zero-order chi connectivity index (χ0) is 29.0. The van der Waals surface area contributed by atoms with E-state index in [9.17, 15) is 35.5 Å². The van der Waals surface area contributed by atoms with Gasteiger partial charge >= 0.3 is 18.4 Å². The molecule has 0 saturated carbocycles. The molecule has 1 aliphatic rings. The van der Waals surface area contributed by atoms with E-state index in [1.807, 2.05) is 0 Å². The topological polar surface area (TPSA) is 98.4 Å². The minimum Gasteiger partial charge on any atom is -0.452 e. The van der Waals surface area contributed by atoms with Crippen LogP contribution in [0, 0.1) is 5.82 Å². The standard InChI is InChI=1S/C24H25F7N4O4/c1-13(15-9-16(23(26,27)28)11-17(10-15)24(29,30)31)39-21-20(14-3-5-18(25)6-4-14)35(7-8-38-21)12-19(32)33-34-22(36)37-2/h3-6,9-11,13,20-21H,7-8,12H2,1-2H3,(H2,32,33)(H,34,36)/t13-,20?,21-/m1/s1. The molecular weight excluding hydrogens is 541 g/mol. The smallest absolute Gasteiger partial charge is 0.427 e. The second-order valence-corrected chi connectivity index (χ2v) is 8.53. The van der Waals surface area contributed by atoms with E-state index < -0.39 is 53.8 Å². The van der Waals surface area contributed by atoms with Gasteiger partial charge in [-0.2, -0.15) is 31.4 Å². The highest BCUT2D eigenvalue weighted by molar-refractivity contribution is 5.83. The van der Waals surface area contributed by atoms with Crippen LogP contribution in [0.3, 0.4) is 0 Å². The average molecular weight is 566 g/mol. The van der Waals surface area contributed by atoms with Crippen molar-refractivity contribution in [3.63, 3.8) is 0 Å². The van der Waals surface area contributed by atoms with E-state index in [4.69, 9.17) is 15.2 Å². The first-order chi connectivity index (χ1) is 18.2. The molecule has 0 aliphatic carbocycles. The SMILES string of the molecule is COC(=O)N/N=C(\N)CN1CCO[C@H](O[C@H](C)c2cc(C(F)(F)F)cc(C(F)(F)F)c2)C1c1ccc(F)cc1. The van der Waals surface area contributed by atoms with Gasteiger partial charge in [-0.1, -0.05) is 12.1 Å². The summed E-state index contributed by atoms with van der Waals surface area (Å²) < 4.78 is 110. The number of hydrazone groups is 1. The van der Waals surface area contributed by atoms with Crippen LogP contribution in [0.25, 0.3) is 0 Å². The van der Waals surface area contributed by atoms with Gasteiger partial charge in [-0.05, 0) is 48.4 Å². The lowest BCUT2D eigenvalue weighted by Crippen LogP contribution is -2.49. The van der Waals surface area contributed by atoms with Crippen molar-refractivity contribution in [3.05, 3.63) is 70.5 Å². The van der Waals surface area contributed by atoms with Crippen molar-refractivity contribution < 1.29 is 49.7 Å². The summed E-state index contributed by atoms with van der Waals surface area (Å²) in [6.07, 6.45) is -13.4. The predicted molar refractivity (Wildman–Crippen MR) is 124 cm³/mol. The Labute approximate surface area is 218 Å². The van der Waals surface area contributed by atoms with Gasteiger partial charge in [0.05, 0.1) is 43.5 Å². The van der Waals surface area contributed by atoms with Crippen LogP contribution in [0.4, 0.5) is 35.5 Å². The predicted octanol–water partition coefficient (Wildman–Crippen LogP) is 4.97. The molecule has 1 heterocycles. The Hall–Kier alpha value is -3.43. The lowest BCUT2D eigenvalue weighted by Gasteiger charge is -2.41. The first kappa shape index (κ1) is 30.1. The van der Waals surface area contributed by atoms with Crippen molar-refractivity contribution in [2.24, 2.45) is 10.8 Å². The van der Waals surface area contributed by atoms with Gasteiger partial charge in [0.15, 0.2) is 6.29 Å². The van der Waals surface area contributed by atoms with E-state index >= 15 is 0 Å². The number of methoxy groups -OCH3 is 1. The van der Waals surface area contributed by atoms with E-state index in [1.54, 1.807) is 4.90 Å². The third-order valence-electron chi connectivity index (χ3n) is 5.78. The number of hydrogen-bond acceptors (Lipinski definition) is 6. The zero-order valence-corrected chi connectivity index (χ0v) is 20.6. The van der Waals surface area contributed by atoms with E-state index in [-0.39, 0.29) is 37.2 Å². The molecule has 15 heteroatoms. The van der Waals surface area contributed by atoms with Gasteiger partial charge in [-0.25, -0.2) is 14.6 Å². The fraction of sp³-hybridized carbons (Fsp3) is 0.417. The minimum atomic E-state index is -5.03. The minimum absolute atomic E-state index is 0.0286. The van der Waals surface area contributed by atoms with Crippen LogP contribution in [0.15, 0.2) is 47.6 Å². The maximum atomic E-state index is 13.6.